The molecule has 0 bridgehead atoms. The summed E-state index contributed by atoms with van der Waals surface area (Å²) in [6.07, 6.45) is 0. The number of methoxy groups -OCH3 is 1. The summed E-state index contributed by atoms with van der Waals surface area (Å²) in [5.74, 6) is -0.290. The maximum atomic E-state index is 11.9. The molecule has 0 saturated carbocycles. The number of thiophene rings is 1. The van der Waals surface area contributed by atoms with Gasteiger partial charge in [-0.05, 0) is 43.5 Å². The predicted octanol–water partition coefficient (Wildman–Crippen LogP) is 4.28. The Labute approximate surface area is 138 Å². The van der Waals surface area contributed by atoms with E-state index >= 15 is 0 Å². The number of benzene rings is 1. The molecule has 1 atom stereocenters. The van der Waals surface area contributed by atoms with Crippen LogP contribution in [-0.4, -0.2) is 13.1 Å². The molecule has 2 rings (SSSR count). The minimum Gasteiger partial charge on any atom is -0.468 e. The summed E-state index contributed by atoms with van der Waals surface area (Å²) in [5.41, 5.74) is 1.12. The zero-order chi connectivity index (χ0) is 14.5. The van der Waals surface area contributed by atoms with Gasteiger partial charge in [-0.1, -0.05) is 30.3 Å². The van der Waals surface area contributed by atoms with Gasteiger partial charge in [-0.25, -0.2) is 4.79 Å². The number of rotatable bonds is 5. The molecule has 20 heavy (non-hydrogen) atoms. The molecular weight excluding hydrogens is 406 g/mol. The number of hydrogen-bond acceptors (Lipinski definition) is 4. The van der Waals surface area contributed by atoms with Crippen LogP contribution in [0.3, 0.4) is 0 Å². The normalized spacial score (nSPS) is 12.2. The standard InChI is InChI=1S/C14H13Br2NO2S/c1-19-14(18)12(11-7-10(15)13(16)20-11)17-8-9-5-3-2-4-6-9/h2-7,12,17H,8H2,1H3. The molecule has 2 aromatic rings. The van der Waals surface area contributed by atoms with Crippen LogP contribution in [0, 0.1) is 0 Å². The van der Waals surface area contributed by atoms with Crippen LogP contribution in [0.5, 0.6) is 0 Å². The average Bonchev–Trinajstić information content (AvgIpc) is 2.79. The topological polar surface area (TPSA) is 38.3 Å². The molecule has 1 N–H and O–H groups in total. The highest BCUT2D eigenvalue weighted by atomic mass is 79.9. The van der Waals surface area contributed by atoms with Crippen LogP contribution in [0.25, 0.3) is 0 Å². The second-order valence-corrected chi connectivity index (χ2v) is 7.35. The zero-order valence-corrected chi connectivity index (χ0v) is 14.7. The van der Waals surface area contributed by atoms with E-state index in [-0.39, 0.29) is 5.97 Å². The summed E-state index contributed by atoms with van der Waals surface area (Å²) in [6, 6.07) is 11.4. The van der Waals surface area contributed by atoms with Crippen molar-refractivity contribution >= 4 is 49.2 Å². The van der Waals surface area contributed by atoms with Gasteiger partial charge in [-0.15, -0.1) is 11.3 Å². The number of halogens is 2. The quantitative estimate of drug-likeness (QED) is 0.736. The van der Waals surface area contributed by atoms with Gasteiger partial charge in [0, 0.05) is 15.9 Å². The fourth-order valence-corrected chi connectivity index (χ4v) is 3.89. The van der Waals surface area contributed by atoms with Gasteiger partial charge in [0.2, 0.25) is 0 Å². The van der Waals surface area contributed by atoms with E-state index in [1.165, 1.54) is 18.4 Å². The third kappa shape index (κ3) is 3.91. The molecule has 1 aromatic heterocycles. The van der Waals surface area contributed by atoms with Gasteiger partial charge in [0.25, 0.3) is 0 Å². The fraction of sp³-hybridized carbons (Fsp3) is 0.214. The lowest BCUT2D eigenvalue weighted by Crippen LogP contribution is -2.28. The third-order valence-corrected chi connectivity index (χ3v) is 6.06. The number of carbonyl (C=O) groups excluding carboxylic acids is 1. The first-order valence-corrected chi connectivity index (χ1v) is 8.32. The predicted molar refractivity (Wildman–Crippen MR) is 87.8 cm³/mol. The van der Waals surface area contributed by atoms with Crippen molar-refractivity contribution < 1.29 is 9.53 Å². The van der Waals surface area contributed by atoms with Crippen molar-refractivity contribution in [2.45, 2.75) is 12.6 Å². The molecule has 0 aliphatic carbocycles. The van der Waals surface area contributed by atoms with Crippen LogP contribution in [0.15, 0.2) is 44.7 Å². The largest absolute Gasteiger partial charge is 0.468 e. The van der Waals surface area contributed by atoms with Crippen molar-refractivity contribution in [3.05, 3.63) is 55.1 Å². The van der Waals surface area contributed by atoms with Gasteiger partial charge in [0.1, 0.15) is 6.04 Å². The molecule has 0 radical (unpaired) electrons. The van der Waals surface area contributed by atoms with Crippen LogP contribution in [0.4, 0.5) is 0 Å². The first-order chi connectivity index (χ1) is 9.61. The Morgan fingerprint density at radius 2 is 2.05 bits per heavy atom. The molecule has 1 aromatic carbocycles. The lowest BCUT2D eigenvalue weighted by Gasteiger charge is -2.15. The minimum atomic E-state index is -0.465. The van der Waals surface area contributed by atoms with Crippen LogP contribution < -0.4 is 5.32 Å². The average molecular weight is 419 g/mol. The summed E-state index contributed by atoms with van der Waals surface area (Å²) < 4.78 is 6.78. The second-order valence-electron chi connectivity index (χ2n) is 4.09. The summed E-state index contributed by atoms with van der Waals surface area (Å²) in [7, 11) is 1.40. The highest BCUT2D eigenvalue weighted by Crippen LogP contribution is 2.35. The molecule has 0 saturated heterocycles. The molecule has 106 valence electrons. The molecule has 1 heterocycles. The third-order valence-electron chi connectivity index (χ3n) is 2.74. The summed E-state index contributed by atoms with van der Waals surface area (Å²) >= 11 is 8.39. The Morgan fingerprint density at radius 3 is 2.60 bits per heavy atom. The first-order valence-electron chi connectivity index (χ1n) is 5.91. The van der Waals surface area contributed by atoms with Gasteiger partial charge >= 0.3 is 5.97 Å². The van der Waals surface area contributed by atoms with Gasteiger partial charge in [0.15, 0.2) is 0 Å². The summed E-state index contributed by atoms with van der Waals surface area (Å²) in [4.78, 5) is 12.9. The Balaban J connectivity index is 2.14. The second kappa shape index (κ2) is 7.36. The van der Waals surface area contributed by atoms with Crippen LogP contribution in [-0.2, 0) is 16.1 Å². The molecule has 0 aliphatic rings. The number of carbonyl (C=O) groups is 1. The SMILES string of the molecule is COC(=O)C(NCc1ccccc1)c1cc(Br)c(Br)s1. The Hall–Kier alpha value is -0.690. The van der Waals surface area contributed by atoms with E-state index in [0.717, 1.165) is 18.7 Å². The first kappa shape index (κ1) is 15.7. The molecule has 0 aliphatic heterocycles. The molecule has 6 heteroatoms. The molecule has 0 fully saturated rings. The van der Waals surface area contributed by atoms with Crippen LogP contribution >= 0.6 is 43.2 Å². The van der Waals surface area contributed by atoms with Gasteiger partial charge in [-0.2, -0.15) is 0 Å². The van der Waals surface area contributed by atoms with E-state index in [0.29, 0.717) is 6.54 Å². The van der Waals surface area contributed by atoms with E-state index in [9.17, 15) is 4.79 Å². The number of nitrogens with one attached hydrogen (secondary N) is 1. The minimum absolute atomic E-state index is 0.290. The Kier molecular flexibility index (Phi) is 5.77. The van der Waals surface area contributed by atoms with Crippen molar-refractivity contribution in [1.82, 2.24) is 5.32 Å². The molecule has 3 nitrogen and oxygen atoms in total. The number of esters is 1. The summed E-state index contributed by atoms with van der Waals surface area (Å²) in [6.45, 7) is 0.605. The molecule has 0 spiro atoms. The van der Waals surface area contributed by atoms with Crippen molar-refractivity contribution in [1.29, 1.82) is 0 Å². The highest BCUT2D eigenvalue weighted by Gasteiger charge is 2.23. The van der Waals surface area contributed by atoms with Gasteiger partial charge in [-0.3, -0.25) is 5.32 Å². The van der Waals surface area contributed by atoms with Crippen molar-refractivity contribution in [2.75, 3.05) is 7.11 Å². The zero-order valence-electron chi connectivity index (χ0n) is 10.7. The van der Waals surface area contributed by atoms with E-state index in [1.54, 1.807) is 0 Å². The summed E-state index contributed by atoms with van der Waals surface area (Å²) in [5, 5.41) is 3.24. The highest BCUT2D eigenvalue weighted by molar-refractivity contribution is 9.13. The number of hydrogen-bond donors (Lipinski definition) is 1. The maximum Gasteiger partial charge on any atom is 0.328 e. The smallest absolute Gasteiger partial charge is 0.328 e. The Bertz CT molecular complexity index is 567. The lowest BCUT2D eigenvalue weighted by atomic mass is 10.2. The van der Waals surface area contributed by atoms with Crippen molar-refractivity contribution in [3.63, 3.8) is 0 Å². The van der Waals surface area contributed by atoms with E-state index in [2.05, 4.69) is 37.2 Å². The molecular formula is C14H13Br2NO2S. The Morgan fingerprint density at radius 1 is 1.35 bits per heavy atom. The van der Waals surface area contributed by atoms with E-state index < -0.39 is 6.04 Å². The number of ether oxygens (including phenoxy) is 1. The van der Waals surface area contributed by atoms with Crippen LogP contribution in [0.2, 0.25) is 0 Å². The van der Waals surface area contributed by atoms with Crippen molar-refractivity contribution in [3.8, 4) is 0 Å². The van der Waals surface area contributed by atoms with E-state index in [4.69, 9.17) is 4.74 Å². The molecule has 0 amide bonds. The molecule has 1 unspecified atom stereocenters. The van der Waals surface area contributed by atoms with Gasteiger partial charge in [0.05, 0.1) is 10.9 Å². The monoisotopic (exact) mass is 417 g/mol. The van der Waals surface area contributed by atoms with E-state index in [1.807, 2.05) is 36.4 Å². The fourth-order valence-electron chi connectivity index (χ4n) is 1.74. The lowest BCUT2D eigenvalue weighted by molar-refractivity contribution is -0.143. The van der Waals surface area contributed by atoms with Crippen molar-refractivity contribution in [2.24, 2.45) is 0 Å². The maximum absolute atomic E-state index is 11.9. The van der Waals surface area contributed by atoms with Gasteiger partial charge < -0.3 is 4.74 Å². The van der Waals surface area contributed by atoms with Crippen LogP contribution in [0.1, 0.15) is 16.5 Å².